The van der Waals surface area contributed by atoms with Gasteiger partial charge in [-0.3, -0.25) is 0 Å². The smallest absolute Gasteiger partial charge is 0.207 e. The Balaban J connectivity index is 0.00000128. The van der Waals surface area contributed by atoms with E-state index in [1.807, 2.05) is 0 Å². The summed E-state index contributed by atoms with van der Waals surface area (Å²) in [5, 5.41) is 0. The van der Waals surface area contributed by atoms with Crippen LogP contribution in [0.2, 0.25) is 0 Å². The Labute approximate surface area is 115 Å². The van der Waals surface area contributed by atoms with Crippen LogP contribution < -0.4 is 0 Å². The summed E-state index contributed by atoms with van der Waals surface area (Å²) in [7, 11) is 0. The van der Waals surface area contributed by atoms with Gasteiger partial charge >= 0.3 is 21.7 Å². The van der Waals surface area contributed by atoms with Crippen molar-refractivity contribution in [2.24, 2.45) is 11.8 Å². The third-order valence-electron chi connectivity index (χ3n) is 5.03. The summed E-state index contributed by atoms with van der Waals surface area (Å²) in [6, 6.07) is 2.42. The molecule has 0 saturated heterocycles. The van der Waals surface area contributed by atoms with Crippen molar-refractivity contribution in [2.75, 3.05) is 0 Å². The van der Waals surface area contributed by atoms with Crippen molar-refractivity contribution in [2.45, 2.75) is 53.4 Å². The Bertz CT molecular complexity index is 375. The first kappa shape index (κ1) is 14.1. The predicted molar refractivity (Wildman–Crippen MR) is 66.7 cm³/mol. The van der Waals surface area contributed by atoms with Crippen molar-refractivity contribution in [3.63, 3.8) is 0 Å². The standard InChI is InChI=1S/C15H23.Ti/c1-8-7-14-12(5)10(3)11(4)13(6)15(14)9(8)2;/h7,10-13H,1-6H3;/q-1;+2. The molecule has 4 atom stereocenters. The Kier molecular flexibility index (Phi) is 4.19. The summed E-state index contributed by atoms with van der Waals surface area (Å²) in [5.41, 5.74) is 6.32. The fraction of sp³-hybridized carbons (Fsp3) is 0.667. The van der Waals surface area contributed by atoms with Crippen LogP contribution in [0.1, 0.15) is 61.8 Å². The van der Waals surface area contributed by atoms with E-state index in [0.29, 0.717) is 0 Å². The van der Waals surface area contributed by atoms with Crippen LogP contribution in [-0.4, -0.2) is 0 Å². The van der Waals surface area contributed by atoms with Crippen LogP contribution >= 0.6 is 0 Å². The summed E-state index contributed by atoms with van der Waals surface area (Å²) in [6.07, 6.45) is 0. The van der Waals surface area contributed by atoms with E-state index in [0.717, 1.165) is 23.7 Å². The van der Waals surface area contributed by atoms with E-state index in [9.17, 15) is 0 Å². The maximum absolute atomic E-state index is 2.42. The second-order valence-corrected chi connectivity index (χ2v) is 5.62. The molecule has 1 heteroatoms. The van der Waals surface area contributed by atoms with Gasteiger partial charge in [0, 0.05) is 0 Å². The second-order valence-electron chi connectivity index (χ2n) is 5.62. The number of hydrogen-bond donors (Lipinski definition) is 0. The van der Waals surface area contributed by atoms with Crippen LogP contribution in [0.25, 0.3) is 0 Å². The molecule has 4 unspecified atom stereocenters. The van der Waals surface area contributed by atoms with E-state index in [1.54, 1.807) is 16.7 Å². The van der Waals surface area contributed by atoms with Crippen molar-refractivity contribution in [3.05, 3.63) is 28.3 Å². The third-order valence-corrected chi connectivity index (χ3v) is 5.03. The quantitative estimate of drug-likeness (QED) is 0.470. The van der Waals surface area contributed by atoms with Gasteiger partial charge in [-0.25, -0.2) is 6.07 Å². The van der Waals surface area contributed by atoms with E-state index in [2.05, 4.69) is 47.6 Å². The molecule has 0 fully saturated rings. The molecule has 0 radical (unpaired) electrons. The van der Waals surface area contributed by atoms with Gasteiger partial charge in [-0.2, -0.15) is 22.3 Å². The molecule has 0 amide bonds. The number of hydrogen-bond acceptors (Lipinski definition) is 0. The van der Waals surface area contributed by atoms with Gasteiger partial charge in [-0.05, 0) is 17.8 Å². The molecule has 0 nitrogen and oxygen atoms in total. The third kappa shape index (κ3) is 1.85. The molecule has 1 aliphatic rings. The molecule has 0 heterocycles. The van der Waals surface area contributed by atoms with E-state index in [4.69, 9.17) is 0 Å². The van der Waals surface area contributed by atoms with Gasteiger partial charge in [0.1, 0.15) is 0 Å². The first-order chi connectivity index (χ1) is 6.95. The molecule has 86 valence electrons. The van der Waals surface area contributed by atoms with Crippen molar-refractivity contribution in [3.8, 4) is 0 Å². The summed E-state index contributed by atoms with van der Waals surface area (Å²) < 4.78 is 0. The molecular formula is C15H23Ti+. The van der Waals surface area contributed by atoms with Crippen LogP contribution in [0.5, 0.6) is 0 Å². The first-order valence-electron chi connectivity index (χ1n) is 6.21. The second kappa shape index (κ2) is 4.74. The molecule has 0 N–H and O–H groups in total. The van der Waals surface area contributed by atoms with Gasteiger partial charge < -0.3 is 0 Å². The maximum atomic E-state index is 2.42. The molecule has 0 spiro atoms. The molecule has 0 bridgehead atoms. The molecule has 1 aliphatic carbocycles. The molecule has 1 aromatic carbocycles. The minimum absolute atomic E-state index is 0. The van der Waals surface area contributed by atoms with Crippen LogP contribution in [0.15, 0.2) is 6.07 Å². The van der Waals surface area contributed by atoms with Gasteiger partial charge in [-0.1, -0.05) is 47.5 Å². The van der Waals surface area contributed by atoms with E-state index < -0.39 is 0 Å². The molecule has 0 saturated carbocycles. The first-order valence-corrected chi connectivity index (χ1v) is 6.21. The largest absolute Gasteiger partial charge is 2.00 e. The normalized spacial score (nSPS) is 33.1. The fourth-order valence-electron chi connectivity index (χ4n) is 3.29. The summed E-state index contributed by atoms with van der Waals surface area (Å²) in [5.74, 6) is 3.10. The summed E-state index contributed by atoms with van der Waals surface area (Å²) >= 11 is 0. The van der Waals surface area contributed by atoms with Gasteiger partial charge in [0.15, 0.2) is 0 Å². The SMILES string of the molecule is Cc1cc2c([c-]1C)C(C)C(C)C(C)C2C.[Ti+2]. The van der Waals surface area contributed by atoms with Gasteiger partial charge in [0.2, 0.25) is 0 Å². The zero-order valence-electron chi connectivity index (χ0n) is 11.4. The zero-order valence-corrected chi connectivity index (χ0v) is 12.9. The van der Waals surface area contributed by atoms with E-state index in [-0.39, 0.29) is 21.7 Å². The van der Waals surface area contributed by atoms with Crippen molar-refractivity contribution < 1.29 is 21.7 Å². The monoisotopic (exact) mass is 251 g/mol. The average molecular weight is 251 g/mol. The summed E-state index contributed by atoms with van der Waals surface area (Å²) in [4.78, 5) is 0. The van der Waals surface area contributed by atoms with E-state index >= 15 is 0 Å². The van der Waals surface area contributed by atoms with Crippen molar-refractivity contribution in [1.29, 1.82) is 0 Å². The maximum Gasteiger partial charge on any atom is 2.00 e. The van der Waals surface area contributed by atoms with Crippen LogP contribution in [0.3, 0.4) is 0 Å². The van der Waals surface area contributed by atoms with Crippen molar-refractivity contribution in [1.82, 2.24) is 0 Å². The van der Waals surface area contributed by atoms with Crippen molar-refractivity contribution >= 4 is 0 Å². The molecule has 1 aromatic rings. The van der Waals surface area contributed by atoms with Crippen LogP contribution in [0, 0.1) is 25.7 Å². The minimum Gasteiger partial charge on any atom is -0.207 e. The summed E-state index contributed by atoms with van der Waals surface area (Å²) in [6.45, 7) is 14.2. The van der Waals surface area contributed by atoms with Gasteiger partial charge in [0.05, 0.1) is 0 Å². The Morgan fingerprint density at radius 2 is 1.50 bits per heavy atom. The zero-order chi connectivity index (χ0) is 11.3. The molecular weight excluding hydrogens is 228 g/mol. The molecule has 16 heavy (non-hydrogen) atoms. The van der Waals surface area contributed by atoms with Gasteiger partial charge in [0.25, 0.3) is 0 Å². The topological polar surface area (TPSA) is 0 Å². The average Bonchev–Trinajstić information content (AvgIpc) is 2.50. The molecule has 2 rings (SSSR count). The number of rotatable bonds is 0. The Morgan fingerprint density at radius 3 is 2.06 bits per heavy atom. The number of fused-ring (bicyclic) bond motifs is 1. The minimum atomic E-state index is 0. The van der Waals surface area contributed by atoms with Gasteiger partial charge in [-0.15, -0.1) is 0 Å². The molecule has 0 aromatic heterocycles. The van der Waals surface area contributed by atoms with Crippen LogP contribution in [0.4, 0.5) is 0 Å². The Hall–Kier alpha value is 0.0643. The fourth-order valence-corrected chi connectivity index (χ4v) is 3.29. The van der Waals surface area contributed by atoms with E-state index in [1.165, 1.54) is 5.56 Å². The Morgan fingerprint density at radius 1 is 1.00 bits per heavy atom. The molecule has 0 aliphatic heterocycles. The number of aryl methyl sites for hydroxylation is 1. The van der Waals surface area contributed by atoms with Crippen LogP contribution in [-0.2, 0) is 21.7 Å². The predicted octanol–water partition coefficient (Wildman–Crippen LogP) is 4.51.